The molecule has 1 aromatic heterocycles. The van der Waals surface area contributed by atoms with Crippen LogP contribution in [0.1, 0.15) is 17.2 Å². The molecule has 0 aliphatic rings. The van der Waals surface area contributed by atoms with Crippen LogP contribution in [0.2, 0.25) is 0 Å². The number of benzene rings is 3. The van der Waals surface area contributed by atoms with Crippen molar-refractivity contribution in [2.75, 3.05) is 19.0 Å². The molecule has 0 aliphatic heterocycles. The van der Waals surface area contributed by atoms with E-state index in [1.54, 1.807) is 7.11 Å². The Balaban J connectivity index is 1.47. The highest BCUT2D eigenvalue weighted by molar-refractivity contribution is 5.95. The first-order chi connectivity index (χ1) is 14.7. The zero-order valence-electron chi connectivity index (χ0n) is 16.9. The van der Waals surface area contributed by atoms with Crippen LogP contribution in [-0.4, -0.2) is 24.5 Å². The number of hydrogen-bond acceptors (Lipinski definition) is 3. The molecule has 0 saturated carbocycles. The van der Waals surface area contributed by atoms with Gasteiger partial charge in [0.1, 0.15) is 11.8 Å². The van der Waals surface area contributed by atoms with Crippen LogP contribution < -0.4 is 15.4 Å². The number of amides is 1. The molecule has 3 N–H and O–H groups in total. The molecule has 3 aromatic carbocycles. The van der Waals surface area contributed by atoms with Crippen LogP contribution in [0.4, 0.5) is 5.69 Å². The van der Waals surface area contributed by atoms with Crippen LogP contribution in [0.25, 0.3) is 10.9 Å². The van der Waals surface area contributed by atoms with Crippen molar-refractivity contribution in [2.24, 2.45) is 0 Å². The van der Waals surface area contributed by atoms with Gasteiger partial charge >= 0.3 is 0 Å². The number of aromatic amines is 1. The summed E-state index contributed by atoms with van der Waals surface area (Å²) < 4.78 is 5.25. The average molecular weight is 399 g/mol. The molecule has 0 fully saturated rings. The molecule has 0 saturated heterocycles. The summed E-state index contributed by atoms with van der Waals surface area (Å²) in [5.74, 6) is 0.602. The number of carbonyl (C=O) groups excluding carboxylic acids is 1. The van der Waals surface area contributed by atoms with E-state index >= 15 is 0 Å². The first-order valence-electron chi connectivity index (χ1n) is 10.0. The van der Waals surface area contributed by atoms with Gasteiger partial charge in [-0.1, -0.05) is 54.6 Å². The molecule has 1 heterocycles. The van der Waals surface area contributed by atoms with Gasteiger partial charge in [0, 0.05) is 35.4 Å². The van der Waals surface area contributed by atoms with Crippen molar-refractivity contribution in [3.63, 3.8) is 0 Å². The second-order valence-corrected chi connectivity index (χ2v) is 7.13. The largest absolute Gasteiger partial charge is 0.497 e. The number of nitrogens with one attached hydrogen (secondary N) is 3. The standard InChI is InChI=1S/C25H25N3O2/c1-30-21-11-7-10-20(16-21)28-25(29)24(18-8-3-2-4-9-18)26-15-14-19-17-27-23-13-6-5-12-22(19)23/h2-13,16-17,24,26-27H,14-15H2,1H3,(H,28,29). The molecule has 30 heavy (non-hydrogen) atoms. The molecule has 5 nitrogen and oxygen atoms in total. The van der Waals surface area contributed by atoms with Gasteiger partial charge in [0.25, 0.3) is 0 Å². The smallest absolute Gasteiger partial charge is 0.246 e. The highest BCUT2D eigenvalue weighted by Crippen LogP contribution is 2.21. The quantitative estimate of drug-likeness (QED) is 0.403. The van der Waals surface area contributed by atoms with E-state index in [2.05, 4.69) is 27.8 Å². The minimum atomic E-state index is -0.456. The van der Waals surface area contributed by atoms with Gasteiger partial charge in [0.15, 0.2) is 0 Å². The zero-order chi connectivity index (χ0) is 20.8. The van der Waals surface area contributed by atoms with Crippen LogP contribution >= 0.6 is 0 Å². The van der Waals surface area contributed by atoms with Crippen molar-refractivity contribution in [1.82, 2.24) is 10.3 Å². The fourth-order valence-corrected chi connectivity index (χ4v) is 3.61. The molecule has 0 aliphatic carbocycles. The zero-order valence-corrected chi connectivity index (χ0v) is 16.9. The molecule has 152 valence electrons. The summed E-state index contributed by atoms with van der Waals surface area (Å²) in [5.41, 5.74) is 4.00. The Kier molecular flexibility index (Phi) is 6.11. The Morgan fingerprint density at radius 1 is 1.00 bits per heavy atom. The third-order valence-electron chi connectivity index (χ3n) is 5.15. The lowest BCUT2D eigenvalue weighted by molar-refractivity contribution is -0.118. The van der Waals surface area contributed by atoms with Gasteiger partial charge in [-0.2, -0.15) is 0 Å². The Bertz CT molecular complexity index is 1120. The fraction of sp³-hybridized carbons (Fsp3) is 0.160. The van der Waals surface area contributed by atoms with Gasteiger partial charge in [-0.15, -0.1) is 0 Å². The van der Waals surface area contributed by atoms with Crippen LogP contribution in [0.5, 0.6) is 5.75 Å². The molecule has 4 aromatic rings. The van der Waals surface area contributed by atoms with E-state index in [-0.39, 0.29) is 5.91 Å². The van der Waals surface area contributed by atoms with Gasteiger partial charge in [-0.25, -0.2) is 0 Å². The Morgan fingerprint density at radius 2 is 1.80 bits per heavy atom. The van der Waals surface area contributed by atoms with Gasteiger partial charge in [-0.3, -0.25) is 4.79 Å². The first-order valence-corrected chi connectivity index (χ1v) is 10.0. The molecule has 1 amide bonds. The third-order valence-corrected chi connectivity index (χ3v) is 5.15. The van der Waals surface area contributed by atoms with Crippen LogP contribution in [0, 0.1) is 0 Å². The number of hydrogen-bond donors (Lipinski definition) is 3. The van der Waals surface area contributed by atoms with Gasteiger partial charge in [-0.05, 0) is 35.7 Å². The molecule has 1 atom stereocenters. The van der Waals surface area contributed by atoms with E-state index in [1.807, 2.05) is 72.9 Å². The van der Waals surface area contributed by atoms with E-state index in [0.717, 1.165) is 17.5 Å². The Morgan fingerprint density at radius 3 is 2.63 bits per heavy atom. The summed E-state index contributed by atoms with van der Waals surface area (Å²) >= 11 is 0. The normalized spacial score (nSPS) is 11.9. The maximum atomic E-state index is 13.1. The van der Waals surface area contributed by atoms with Crippen LogP contribution in [0.3, 0.4) is 0 Å². The Labute approximate surface area is 176 Å². The lowest BCUT2D eigenvalue weighted by Crippen LogP contribution is -2.34. The number of methoxy groups -OCH3 is 1. The van der Waals surface area contributed by atoms with E-state index in [0.29, 0.717) is 18.0 Å². The highest BCUT2D eigenvalue weighted by Gasteiger charge is 2.20. The number of aromatic nitrogens is 1. The third kappa shape index (κ3) is 4.53. The van der Waals surface area contributed by atoms with Crippen molar-refractivity contribution in [1.29, 1.82) is 0 Å². The highest BCUT2D eigenvalue weighted by atomic mass is 16.5. The molecule has 4 rings (SSSR count). The molecular weight excluding hydrogens is 374 g/mol. The molecule has 5 heteroatoms. The predicted octanol–water partition coefficient (Wildman–Crippen LogP) is 4.69. The maximum absolute atomic E-state index is 13.1. The molecular formula is C25H25N3O2. The predicted molar refractivity (Wildman–Crippen MR) is 121 cm³/mol. The maximum Gasteiger partial charge on any atom is 0.246 e. The van der Waals surface area contributed by atoms with Gasteiger partial charge < -0.3 is 20.4 Å². The summed E-state index contributed by atoms with van der Waals surface area (Å²) in [4.78, 5) is 16.4. The summed E-state index contributed by atoms with van der Waals surface area (Å²) in [7, 11) is 1.61. The van der Waals surface area contributed by atoms with Crippen molar-refractivity contribution in [3.8, 4) is 5.75 Å². The number of ether oxygens (including phenoxy) is 1. The monoisotopic (exact) mass is 399 g/mol. The molecule has 0 radical (unpaired) electrons. The van der Waals surface area contributed by atoms with Crippen molar-refractivity contribution in [3.05, 3.63) is 96.2 Å². The van der Waals surface area contributed by atoms with Crippen molar-refractivity contribution in [2.45, 2.75) is 12.5 Å². The topological polar surface area (TPSA) is 66.2 Å². The van der Waals surface area contributed by atoms with E-state index in [4.69, 9.17) is 4.74 Å². The second kappa shape index (κ2) is 9.29. The minimum Gasteiger partial charge on any atom is -0.497 e. The SMILES string of the molecule is COc1cccc(NC(=O)C(NCCc2c[nH]c3ccccc23)c2ccccc2)c1. The number of carbonyl (C=O) groups is 1. The molecule has 1 unspecified atom stereocenters. The van der Waals surface area contributed by atoms with E-state index in [1.165, 1.54) is 10.9 Å². The molecule has 0 bridgehead atoms. The number of fused-ring (bicyclic) bond motifs is 1. The van der Waals surface area contributed by atoms with Crippen molar-refractivity contribution >= 4 is 22.5 Å². The first kappa shape index (κ1) is 19.7. The summed E-state index contributed by atoms with van der Waals surface area (Å²) in [6, 6.07) is 25.0. The van der Waals surface area contributed by atoms with Crippen LogP contribution in [0.15, 0.2) is 85.1 Å². The number of H-pyrrole nitrogens is 1. The number of anilines is 1. The Hall–Kier alpha value is -3.57. The summed E-state index contributed by atoms with van der Waals surface area (Å²) in [5, 5.41) is 7.65. The molecule has 0 spiro atoms. The second-order valence-electron chi connectivity index (χ2n) is 7.13. The minimum absolute atomic E-state index is 0.103. The summed E-state index contributed by atoms with van der Waals surface area (Å²) in [6.07, 6.45) is 2.86. The average Bonchev–Trinajstić information content (AvgIpc) is 3.20. The lowest BCUT2D eigenvalue weighted by atomic mass is 10.0. The van der Waals surface area contributed by atoms with Gasteiger partial charge in [0.2, 0.25) is 5.91 Å². The van der Waals surface area contributed by atoms with Crippen molar-refractivity contribution < 1.29 is 9.53 Å². The van der Waals surface area contributed by atoms with Crippen LogP contribution in [-0.2, 0) is 11.2 Å². The van der Waals surface area contributed by atoms with E-state index < -0.39 is 6.04 Å². The van der Waals surface area contributed by atoms with Gasteiger partial charge in [0.05, 0.1) is 7.11 Å². The summed E-state index contributed by atoms with van der Waals surface area (Å²) in [6.45, 7) is 0.674. The lowest BCUT2D eigenvalue weighted by Gasteiger charge is -2.19. The number of rotatable bonds is 8. The fourth-order valence-electron chi connectivity index (χ4n) is 3.61. The number of para-hydroxylation sites is 1. The van der Waals surface area contributed by atoms with E-state index in [9.17, 15) is 4.79 Å².